The van der Waals surface area contributed by atoms with Crippen molar-refractivity contribution in [2.24, 2.45) is 16.5 Å². The van der Waals surface area contributed by atoms with Crippen molar-refractivity contribution in [2.75, 3.05) is 0 Å². The van der Waals surface area contributed by atoms with Gasteiger partial charge in [0.2, 0.25) is 0 Å². The average Bonchev–Trinajstić information content (AvgIpc) is 3.28. The van der Waals surface area contributed by atoms with Gasteiger partial charge in [0.1, 0.15) is 23.2 Å². The summed E-state index contributed by atoms with van der Waals surface area (Å²) in [4.78, 5) is 43.8. The van der Waals surface area contributed by atoms with E-state index in [0.29, 0.717) is 22.2 Å². The van der Waals surface area contributed by atoms with Gasteiger partial charge in [0.05, 0.1) is 11.3 Å². The van der Waals surface area contributed by atoms with Crippen molar-refractivity contribution in [3.63, 3.8) is 0 Å². The standard InChI is InChI=1S/C26H23N5O6/c27-26(28)29-17-6-3-15(4-7-17)25(36)37-19-10-5-16-12-21(30-20(16)13-19)23(33)31-22(24(34)35)11-14-1-8-18(32)9-2-14/h1-10,12-13,22,30,32H,11H2,(H,31,33)(H,34,35)(H4,27,28,29)/t22-/m0/s1. The molecular formula is C26H23N5O6. The summed E-state index contributed by atoms with van der Waals surface area (Å²) in [5.74, 6) is -2.20. The lowest BCUT2D eigenvalue weighted by molar-refractivity contribution is -0.139. The van der Waals surface area contributed by atoms with E-state index in [2.05, 4.69) is 15.3 Å². The molecule has 0 radical (unpaired) electrons. The summed E-state index contributed by atoms with van der Waals surface area (Å²) in [6.07, 6.45) is 0.0363. The molecule has 1 amide bonds. The van der Waals surface area contributed by atoms with Crippen molar-refractivity contribution >= 4 is 40.4 Å². The van der Waals surface area contributed by atoms with E-state index in [1.54, 1.807) is 48.5 Å². The third-order valence-electron chi connectivity index (χ3n) is 5.39. The number of aromatic amines is 1. The van der Waals surface area contributed by atoms with Gasteiger partial charge in [-0.1, -0.05) is 12.1 Å². The van der Waals surface area contributed by atoms with E-state index in [-0.39, 0.29) is 35.1 Å². The van der Waals surface area contributed by atoms with Crippen LogP contribution in [0.3, 0.4) is 0 Å². The van der Waals surface area contributed by atoms with Crippen LogP contribution in [0.4, 0.5) is 5.69 Å². The third-order valence-corrected chi connectivity index (χ3v) is 5.39. The molecule has 1 aromatic heterocycles. The number of benzene rings is 3. The highest BCUT2D eigenvalue weighted by Crippen LogP contribution is 2.23. The fourth-order valence-electron chi connectivity index (χ4n) is 3.58. The Morgan fingerprint density at radius 3 is 2.32 bits per heavy atom. The lowest BCUT2D eigenvalue weighted by atomic mass is 10.1. The number of carbonyl (C=O) groups excluding carboxylic acids is 2. The summed E-state index contributed by atoms with van der Waals surface area (Å²) in [5.41, 5.74) is 12.8. The first-order valence-corrected chi connectivity index (χ1v) is 11.0. The van der Waals surface area contributed by atoms with Crippen molar-refractivity contribution < 1.29 is 29.3 Å². The SMILES string of the molecule is NC(N)=Nc1ccc(C(=O)Oc2ccc3cc(C(=O)N[C@@H](Cc4ccc(O)cc4)C(=O)O)[nH]c3c2)cc1. The van der Waals surface area contributed by atoms with Gasteiger partial charge in [0, 0.05) is 23.4 Å². The number of esters is 1. The van der Waals surface area contributed by atoms with Crippen LogP contribution in [-0.2, 0) is 11.2 Å². The van der Waals surface area contributed by atoms with Crippen LogP contribution < -0.4 is 21.5 Å². The Labute approximate surface area is 210 Å². The lowest BCUT2D eigenvalue weighted by Gasteiger charge is -2.14. The maximum Gasteiger partial charge on any atom is 0.343 e. The predicted octanol–water partition coefficient (Wildman–Crippen LogP) is 2.42. The number of phenols is 1. The smallest absolute Gasteiger partial charge is 0.343 e. The van der Waals surface area contributed by atoms with E-state index < -0.39 is 23.9 Å². The number of hydrogen-bond acceptors (Lipinski definition) is 6. The van der Waals surface area contributed by atoms with E-state index in [4.69, 9.17) is 16.2 Å². The molecule has 4 aromatic rings. The highest BCUT2D eigenvalue weighted by Gasteiger charge is 2.22. The number of amides is 1. The molecular weight excluding hydrogens is 478 g/mol. The van der Waals surface area contributed by atoms with E-state index in [1.807, 2.05) is 0 Å². The molecule has 8 N–H and O–H groups in total. The zero-order valence-corrected chi connectivity index (χ0v) is 19.3. The molecule has 188 valence electrons. The molecule has 0 aliphatic rings. The number of aromatic hydroxyl groups is 1. The van der Waals surface area contributed by atoms with Crippen molar-refractivity contribution in [3.8, 4) is 11.5 Å². The number of nitrogens with two attached hydrogens (primary N) is 2. The number of aliphatic carboxylic acids is 1. The van der Waals surface area contributed by atoms with Crippen LogP contribution in [0.2, 0.25) is 0 Å². The van der Waals surface area contributed by atoms with Crippen LogP contribution in [0, 0.1) is 0 Å². The summed E-state index contributed by atoms with van der Waals surface area (Å²) >= 11 is 0. The number of carboxylic acids is 1. The van der Waals surface area contributed by atoms with Crippen LogP contribution in [0.15, 0.2) is 77.8 Å². The molecule has 0 aliphatic heterocycles. The van der Waals surface area contributed by atoms with Gasteiger partial charge in [-0.25, -0.2) is 14.6 Å². The Kier molecular flexibility index (Phi) is 7.05. The van der Waals surface area contributed by atoms with E-state index in [9.17, 15) is 24.6 Å². The predicted molar refractivity (Wildman–Crippen MR) is 136 cm³/mol. The quantitative estimate of drug-likeness (QED) is 0.0916. The number of guanidine groups is 1. The molecule has 0 aliphatic carbocycles. The minimum Gasteiger partial charge on any atom is -0.508 e. The number of aromatic nitrogens is 1. The van der Waals surface area contributed by atoms with Gasteiger partial charge in [0.15, 0.2) is 5.96 Å². The molecule has 3 aromatic carbocycles. The van der Waals surface area contributed by atoms with Crippen LogP contribution in [0.25, 0.3) is 10.9 Å². The van der Waals surface area contributed by atoms with Crippen molar-refractivity contribution in [2.45, 2.75) is 12.5 Å². The van der Waals surface area contributed by atoms with E-state index >= 15 is 0 Å². The zero-order chi connectivity index (χ0) is 26.5. The number of nitrogens with one attached hydrogen (secondary N) is 2. The second-order valence-corrected chi connectivity index (χ2v) is 8.14. The topological polar surface area (TPSA) is 193 Å². The van der Waals surface area contributed by atoms with Crippen molar-refractivity contribution in [1.82, 2.24) is 10.3 Å². The van der Waals surface area contributed by atoms with Gasteiger partial charge >= 0.3 is 11.9 Å². The highest BCUT2D eigenvalue weighted by molar-refractivity contribution is 6.00. The summed E-state index contributed by atoms with van der Waals surface area (Å²) in [6.45, 7) is 0. The van der Waals surface area contributed by atoms with E-state index in [1.165, 1.54) is 24.3 Å². The molecule has 1 atom stereocenters. The number of phenolic OH excluding ortho intramolecular Hbond substituents is 1. The molecule has 0 spiro atoms. The monoisotopic (exact) mass is 501 g/mol. The Hall–Kier alpha value is -5.32. The van der Waals surface area contributed by atoms with Crippen LogP contribution in [0.5, 0.6) is 11.5 Å². The average molecular weight is 501 g/mol. The molecule has 0 saturated carbocycles. The Balaban J connectivity index is 1.45. The maximum atomic E-state index is 12.8. The number of H-pyrrole nitrogens is 1. The number of nitrogens with zero attached hydrogens (tertiary/aromatic N) is 1. The molecule has 0 fully saturated rings. The van der Waals surface area contributed by atoms with Crippen LogP contribution in [0.1, 0.15) is 26.4 Å². The number of aliphatic imine (C=N–C) groups is 1. The summed E-state index contributed by atoms with van der Waals surface area (Å²) in [7, 11) is 0. The number of ether oxygens (including phenoxy) is 1. The fourth-order valence-corrected chi connectivity index (χ4v) is 3.58. The second kappa shape index (κ2) is 10.5. The Morgan fingerprint density at radius 2 is 1.68 bits per heavy atom. The number of hydrogen-bond donors (Lipinski definition) is 6. The normalized spacial score (nSPS) is 11.5. The molecule has 4 rings (SSSR count). The van der Waals surface area contributed by atoms with Gasteiger partial charge in [-0.05, 0) is 60.2 Å². The molecule has 1 heterocycles. The van der Waals surface area contributed by atoms with Gasteiger partial charge < -0.3 is 36.7 Å². The summed E-state index contributed by atoms with van der Waals surface area (Å²) < 4.78 is 5.43. The fraction of sp³-hybridized carbons (Fsp3) is 0.0769. The highest BCUT2D eigenvalue weighted by atomic mass is 16.5. The Bertz CT molecular complexity index is 1490. The minimum atomic E-state index is -1.20. The first-order valence-electron chi connectivity index (χ1n) is 11.0. The number of carboxylic acid groups (broad SMARTS) is 1. The number of fused-ring (bicyclic) bond motifs is 1. The third kappa shape index (κ3) is 6.22. The van der Waals surface area contributed by atoms with Crippen LogP contribution >= 0.6 is 0 Å². The summed E-state index contributed by atoms with van der Waals surface area (Å²) in [6, 6.07) is 17.4. The molecule has 37 heavy (non-hydrogen) atoms. The van der Waals surface area contributed by atoms with E-state index in [0.717, 1.165) is 0 Å². The van der Waals surface area contributed by atoms with Gasteiger partial charge in [-0.15, -0.1) is 0 Å². The first-order chi connectivity index (χ1) is 17.7. The second-order valence-electron chi connectivity index (χ2n) is 8.14. The number of carbonyl (C=O) groups is 3. The molecule has 11 heteroatoms. The van der Waals surface area contributed by atoms with Crippen molar-refractivity contribution in [1.29, 1.82) is 0 Å². The van der Waals surface area contributed by atoms with Gasteiger partial charge in [0.25, 0.3) is 5.91 Å². The van der Waals surface area contributed by atoms with Crippen molar-refractivity contribution in [3.05, 3.63) is 89.6 Å². The van der Waals surface area contributed by atoms with Gasteiger partial charge in [-0.3, -0.25) is 4.79 Å². The Morgan fingerprint density at radius 1 is 0.973 bits per heavy atom. The zero-order valence-electron chi connectivity index (χ0n) is 19.3. The van der Waals surface area contributed by atoms with Gasteiger partial charge in [-0.2, -0.15) is 0 Å². The molecule has 0 bridgehead atoms. The maximum absolute atomic E-state index is 12.8. The molecule has 0 unspecified atom stereocenters. The van der Waals surface area contributed by atoms with Crippen LogP contribution in [-0.4, -0.2) is 45.0 Å². The molecule has 11 nitrogen and oxygen atoms in total. The number of rotatable bonds is 8. The lowest BCUT2D eigenvalue weighted by Crippen LogP contribution is -2.42. The first kappa shape index (κ1) is 24.8. The molecule has 0 saturated heterocycles. The largest absolute Gasteiger partial charge is 0.508 e. The minimum absolute atomic E-state index is 0.0363. The summed E-state index contributed by atoms with van der Waals surface area (Å²) in [5, 5.41) is 22.1.